The average molecular weight is 417 g/mol. The minimum absolute atomic E-state index is 0.0222. The van der Waals surface area contributed by atoms with Crippen molar-refractivity contribution in [3.63, 3.8) is 0 Å². The van der Waals surface area contributed by atoms with Gasteiger partial charge in [0, 0.05) is 6.61 Å². The van der Waals surface area contributed by atoms with Crippen LogP contribution in [0.3, 0.4) is 0 Å². The summed E-state index contributed by atoms with van der Waals surface area (Å²) in [5.74, 6) is 9.73. The number of carbonyl (C=O) groups is 1. The zero-order chi connectivity index (χ0) is 21.2. The Morgan fingerprint density at radius 1 is 1.11 bits per heavy atom. The molecule has 5 heteroatoms. The first-order chi connectivity index (χ1) is 12.8. The maximum Gasteiger partial charge on any atom is 0.309 e. The highest BCUT2D eigenvalue weighted by Gasteiger charge is 2.49. The van der Waals surface area contributed by atoms with Gasteiger partial charge in [0.15, 0.2) is 8.32 Å². The van der Waals surface area contributed by atoms with Gasteiger partial charge in [-0.25, -0.2) is 0 Å². The summed E-state index contributed by atoms with van der Waals surface area (Å²) in [4.78, 5) is 12.3. The van der Waals surface area contributed by atoms with Crippen LogP contribution >= 0.6 is 0 Å². The van der Waals surface area contributed by atoms with Crippen molar-refractivity contribution in [2.24, 2.45) is 17.8 Å². The summed E-state index contributed by atoms with van der Waals surface area (Å²) in [5, 5.41) is 0.168. The topological polar surface area (TPSA) is 35.5 Å². The highest BCUT2D eigenvalue weighted by atomic mass is 28.4. The van der Waals surface area contributed by atoms with E-state index in [0.717, 1.165) is 12.8 Å². The van der Waals surface area contributed by atoms with Crippen molar-refractivity contribution >= 4 is 22.4 Å². The minimum Gasteiger partial charge on any atom is -0.461 e. The SMILES string of the molecule is CC(C)(C)[Si](C)(C)OC[C@H]1C[C@@H](C#C/C=C/C#C[Si](C)(C)C)[C@H]2C[C@@H]1C(=O)O2. The summed E-state index contributed by atoms with van der Waals surface area (Å²) < 4.78 is 12.0. The fourth-order valence-electron chi connectivity index (χ4n) is 3.27. The van der Waals surface area contributed by atoms with Crippen molar-refractivity contribution in [2.45, 2.75) is 77.5 Å². The number of fused-ring (bicyclic) bond motifs is 2. The van der Waals surface area contributed by atoms with E-state index in [1.807, 2.05) is 12.2 Å². The number of carbonyl (C=O) groups excluding carboxylic acids is 1. The first kappa shape index (κ1) is 23.0. The molecule has 0 aromatic carbocycles. The Bertz CT molecular complexity index is 732. The molecule has 0 aromatic rings. The summed E-state index contributed by atoms with van der Waals surface area (Å²) in [5.41, 5.74) is 3.29. The van der Waals surface area contributed by atoms with Crippen LogP contribution in [0.5, 0.6) is 0 Å². The zero-order valence-corrected chi connectivity index (χ0v) is 20.8. The highest BCUT2D eigenvalue weighted by Crippen LogP contribution is 2.43. The second kappa shape index (κ2) is 8.61. The van der Waals surface area contributed by atoms with E-state index in [9.17, 15) is 4.79 Å². The molecule has 3 nitrogen and oxygen atoms in total. The van der Waals surface area contributed by atoms with Gasteiger partial charge >= 0.3 is 5.97 Å². The van der Waals surface area contributed by atoms with Crippen LogP contribution in [-0.4, -0.2) is 35.1 Å². The van der Waals surface area contributed by atoms with E-state index in [1.165, 1.54) is 0 Å². The summed E-state index contributed by atoms with van der Waals surface area (Å²) in [6, 6.07) is 0. The summed E-state index contributed by atoms with van der Waals surface area (Å²) >= 11 is 0. The first-order valence-corrected chi connectivity index (χ1v) is 16.7. The smallest absolute Gasteiger partial charge is 0.309 e. The Morgan fingerprint density at radius 3 is 2.36 bits per heavy atom. The Hall–Kier alpha value is -1.28. The van der Waals surface area contributed by atoms with E-state index in [0.29, 0.717) is 6.61 Å². The van der Waals surface area contributed by atoms with Gasteiger partial charge in [-0.15, -0.1) is 5.54 Å². The minimum atomic E-state index is -1.83. The molecule has 28 heavy (non-hydrogen) atoms. The third-order valence-electron chi connectivity index (χ3n) is 6.06. The number of rotatable bonds is 3. The molecule has 1 saturated carbocycles. The lowest BCUT2D eigenvalue weighted by atomic mass is 9.75. The Labute approximate surface area is 173 Å². The molecule has 0 amide bonds. The summed E-state index contributed by atoms with van der Waals surface area (Å²) in [6.45, 7) is 18.5. The molecular formula is C23H36O3Si2. The maximum absolute atomic E-state index is 12.3. The monoisotopic (exact) mass is 416 g/mol. The third kappa shape index (κ3) is 6.11. The molecule has 2 rings (SSSR count). The van der Waals surface area contributed by atoms with Crippen molar-refractivity contribution in [1.82, 2.24) is 0 Å². The van der Waals surface area contributed by atoms with Gasteiger partial charge in [0.2, 0.25) is 0 Å². The van der Waals surface area contributed by atoms with E-state index in [4.69, 9.17) is 9.16 Å². The van der Waals surface area contributed by atoms with Gasteiger partial charge in [0.1, 0.15) is 14.2 Å². The molecule has 1 aliphatic carbocycles. The number of hydrogen-bond acceptors (Lipinski definition) is 3. The molecule has 1 saturated heterocycles. The van der Waals surface area contributed by atoms with Crippen LogP contribution in [0.2, 0.25) is 37.8 Å². The fourth-order valence-corrected chi connectivity index (χ4v) is 4.85. The van der Waals surface area contributed by atoms with Gasteiger partial charge in [-0.05, 0) is 49.0 Å². The molecule has 0 aromatic heterocycles. The fraction of sp³-hybridized carbons (Fsp3) is 0.696. The molecule has 2 fully saturated rings. The first-order valence-electron chi connectivity index (χ1n) is 10.3. The van der Waals surface area contributed by atoms with Crippen LogP contribution < -0.4 is 0 Å². The van der Waals surface area contributed by atoms with E-state index in [2.05, 4.69) is 76.8 Å². The Balaban J connectivity index is 2.03. The number of hydrogen-bond donors (Lipinski definition) is 0. The number of ether oxygens (including phenoxy) is 1. The lowest BCUT2D eigenvalue weighted by Crippen LogP contribution is -2.43. The van der Waals surface area contributed by atoms with Crippen LogP contribution in [0.1, 0.15) is 33.6 Å². The van der Waals surface area contributed by atoms with Crippen LogP contribution in [0.4, 0.5) is 0 Å². The molecule has 1 aliphatic heterocycles. The van der Waals surface area contributed by atoms with Gasteiger partial charge in [-0.1, -0.05) is 58.2 Å². The lowest BCUT2D eigenvalue weighted by Gasteiger charge is -2.38. The number of allylic oxidation sites excluding steroid dienone is 2. The van der Waals surface area contributed by atoms with E-state index in [-0.39, 0.29) is 34.9 Å². The van der Waals surface area contributed by atoms with Gasteiger partial charge in [-0.3, -0.25) is 4.79 Å². The van der Waals surface area contributed by atoms with Gasteiger partial charge < -0.3 is 9.16 Å². The molecule has 0 spiro atoms. The van der Waals surface area contributed by atoms with Crippen LogP contribution in [0.15, 0.2) is 12.2 Å². The van der Waals surface area contributed by atoms with E-state index >= 15 is 0 Å². The van der Waals surface area contributed by atoms with Gasteiger partial charge in [-0.2, -0.15) is 0 Å². The molecular weight excluding hydrogens is 380 g/mol. The van der Waals surface area contributed by atoms with E-state index < -0.39 is 16.4 Å². The van der Waals surface area contributed by atoms with Crippen LogP contribution in [-0.2, 0) is 14.0 Å². The number of esters is 1. The predicted molar refractivity (Wildman–Crippen MR) is 121 cm³/mol. The highest BCUT2D eigenvalue weighted by molar-refractivity contribution is 6.83. The summed E-state index contributed by atoms with van der Waals surface area (Å²) in [7, 11) is -3.17. The Morgan fingerprint density at radius 2 is 1.75 bits per heavy atom. The van der Waals surface area contributed by atoms with Crippen molar-refractivity contribution < 1.29 is 14.0 Å². The molecule has 0 radical (unpaired) electrons. The van der Waals surface area contributed by atoms with Crippen molar-refractivity contribution in [3.8, 4) is 23.3 Å². The molecule has 1 heterocycles. The quantitative estimate of drug-likeness (QED) is 0.368. The van der Waals surface area contributed by atoms with Crippen molar-refractivity contribution in [1.29, 1.82) is 0 Å². The maximum atomic E-state index is 12.3. The summed E-state index contributed by atoms with van der Waals surface area (Å²) in [6.07, 6.45) is 5.24. The van der Waals surface area contributed by atoms with Crippen molar-refractivity contribution in [2.75, 3.05) is 6.61 Å². The van der Waals surface area contributed by atoms with E-state index in [1.54, 1.807) is 0 Å². The molecule has 2 bridgehead atoms. The average Bonchev–Trinajstić information content (AvgIpc) is 2.87. The predicted octanol–water partition coefficient (Wildman–Crippen LogP) is 5.02. The van der Waals surface area contributed by atoms with Gasteiger partial charge in [0.05, 0.1) is 11.8 Å². The largest absolute Gasteiger partial charge is 0.461 e. The molecule has 0 unspecified atom stereocenters. The standard InChI is InChI=1S/C23H36O3Si2/c1-23(2,3)28(7,8)25-17-19-15-18(21-16-20(19)22(24)26-21)13-11-9-10-12-14-27(4,5)6/h9-10,18-21H,15-17H2,1-8H3/b10-9+/t18-,19-,20+,21-/m1/s1. The molecule has 0 N–H and O–H groups in total. The lowest BCUT2D eigenvalue weighted by molar-refractivity contribution is -0.144. The third-order valence-corrected chi connectivity index (χ3v) is 11.5. The second-order valence-corrected chi connectivity index (χ2v) is 20.2. The Kier molecular flexibility index (Phi) is 7.08. The van der Waals surface area contributed by atoms with Crippen LogP contribution in [0.25, 0.3) is 0 Å². The van der Waals surface area contributed by atoms with Gasteiger partial charge in [0.25, 0.3) is 0 Å². The normalized spacial score (nSPS) is 27.6. The second-order valence-electron chi connectivity index (χ2n) is 10.6. The molecule has 2 aliphatic rings. The van der Waals surface area contributed by atoms with Crippen LogP contribution in [0, 0.1) is 41.1 Å². The molecule has 154 valence electrons. The molecule has 4 atom stereocenters. The van der Waals surface area contributed by atoms with Crippen molar-refractivity contribution in [3.05, 3.63) is 12.2 Å². The zero-order valence-electron chi connectivity index (χ0n) is 18.8.